The van der Waals surface area contributed by atoms with Crippen molar-refractivity contribution >= 4 is 5.96 Å². The molecule has 2 N–H and O–H groups in total. The minimum absolute atomic E-state index is 0.219. The zero-order valence-electron chi connectivity index (χ0n) is 15.5. The summed E-state index contributed by atoms with van der Waals surface area (Å²) in [5.41, 5.74) is 1.23. The van der Waals surface area contributed by atoms with Gasteiger partial charge < -0.3 is 24.8 Å². The van der Waals surface area contributed by atoms with Crippen LogP contribution in [-0.4, -0.2) is 53.0 Å². The van der Waals surface area contributed by atoms with E-state index in [0.717, 1.165) is 36.8 Å². The van der Waals surface area contributed by atoms with Gasteiger partial charge in [0.25, 0.3) is 0 Å². The molecule has 0 amide bonds. The topological polar surface area (TPSA) is 64.1 Å². The van der Waals surface area contributed by atoms with E-state index in [2.05, 4.69) is 34.7 Å². The first-order chi connectivity index (χ1) is 11.6. The molecule has 1 aromatic carbocycles. The highest BCUT2D eigenvalue weighted by Gasteiger charge is 2.06. The summed E-state index contributed by atoms with van der Waals surface area (Å²) in [4.78, 5) is 4.22. The first-order valence-corrected chi connectivity index (χ1v) is 8.40. The fourth-order valence-electron chi connectivity index (χ4n) is 2.36. The third-order valence-corrected chi connectivity index (χ3v) is 3.49. The number of hydrogen-bond donors (Lipinski definition) is 2. The van der Waals surface area contributed by atoms with Crippen molar-refractivity contribution in [2.24, 2.45) is 4.99 Å². The van der Waals surface area contributed by atoms with Crippen LogP contribution < -0.4 is 20.1 Å². The van der Waals surface area contributed by atoms with Gasteiger partial charge >= 0.3 is 0 Å². The molecule has 24 heavy (non-hydrogen) atoms. The molecule has 0 aromatic heterocycles. The Morgan fingerprint density at radius 2 is 2.04 bits per heavy atom. The second-order valence-corrected chi connectivity index (χ2v) is 5.52. The van der Waals surface area contributed by atoms with Crippen LogP contribution in [0.4, 0.5) is 0 Å². The number of aliphatic imine (C=N–C) groups is 1. The molecule has 0 radical (unpaired) electrons. The molecule has 6 heteroatoms. The van der Waals surface area contributed by atoms with Gasteiger partial charge in [-0.2, -0.15) is 0 Å². The Morgan fingerprint density at radius 3 is 2.67 bits per heavy atom. The van der Waals surface area contributed by atoms with Crippen LogP contribution in [0.1, 0.15) is 25.8 Å². The summed E-state index contributed by atoms with van der Waals surface area (Å²) in [6.45, 7) is 6.15. The van der Waals surface area contributed by atoms with Gasteiger partial charge in [-0.3, -0.25) is 4.99 Å². The summed E-state index contributed by atoms with van der Waals surface area (Å²) in [7, 11) is 5.12. The lowest BCUT2D eigenvalue weighted by molar-refractivity contribution is 0.179. The number of guanidine groups is 1. The number of hydrogen-bond acceptors (Lipinski definition) is 4. The number of ether oxygens (including phenoxy) is 3. The van der Waals surface area contributed by atoms with Gasteiger partial charge in [-0.15, -0.1) is 0 Å². The van der Waals surface area contributed by atoms with E-state index in [-0.39, 0.29) is 6.04 Å². The molecule has 1 unspecified atom stereocenters. The zero-order chi connectivity index (χ0) is 17.8. The van der Waals surface area contributed by atoms with Gasteiger partial charge in [-0.1, -0.05) is 6.07 Å². The van der Waals surface area contributed by atoms with Crippen LogP contribution >= 0.6 is 0 Å². The van der Waals surface area contributed by atoms with Crippen molar-refractivity contribution in [3.8, 4) is 11.5 Å². The highest BCUT2D eigenvalue weighted by atomic mass is 16.5. The molecule has 1 aromatic rings. The van der Waals surface area contributed by atoms with Crippen molar-refractivity contribution in [3.63, 3.8) is 0 Å². The SMILES string of the molecule is CCOc1cc(CCCNC(=NC)NC(C)COC)ccc1OC. The third kappa shape index (κ3) is 7.08. The van der Waals surface area contributed by atoms with Gasteiger partial charge in [0, 0.05) is 26.7 Å². The van der Waals surface area contributed by atoms with E-state index in [1.165, 1.54) is 5.56 Å². The number of aryl methyl sites for hydroxylation is 1. The van der Waals surface area contributed by atoms with Crippen molar-refractivity contribution in [2.75, 3.05) is 41.0 Å². The molecule has 0 bridgehead atoms. The van der Waals surface area contributed by atoms with E-state index in [1.807, 2.05) is 13.0 Å². The van der Waals surface area contributed by atoms with E-state index in [0.29, 0.717) is 13.2 Å². The molecule has 0 aliphatic carbocycles. The molecule has 0 fully saturated rings. The van der Waals surface area contributed by atoms with Crippen LogP contribution in [0, 0.1) is 0 Å². The quantitative estimate of drug-likeness (QED) is 0.389. The van der Waals surface area contributed by atoms with E-state index >= 15 is 0 Å². The van der Waals surface area contributed by atoms with Gasteiger partial charge in [0.2, 0.25) is 0 Å². The third-order valence-electron chi connectivity index (χ3n) is 3.49. The Morgan fingerprint density at radius 1 is 1.25 bits per heavy atom. The van der Waals surface area contributed by atoms with Crippen molar-refractivity contribution in [2.45, 2.75) is 32.7 Å². The molecule has 0 heterocycles. The van der Waals surface area contributed by atoms with Crippen molar-refractivity contribution < 1.29 is 14.2 Å². The molecule has 0 spiro atoms. The van der Waals surface area contributed by atoms with Crippen LogP contribution in [-0.2, 0) is 11.2 Å². The van der Waals surface area contributed by atoms with E-state index in [9.17, 15) is 0 Å². The fraction of sp³-hybridized carbons (Fsp3) is 0.611. The molecular weight excluding hydrogens is 306 g/mol. The smallest absolute Gasteiger partial charge is 0.191 e. The maximum Gasteiger partial charge on any atom is 0.191 e. The highest BCUT2D eigenvalue weighted by molar-refractivity contribution is 5.79. The van der Waals surface area contributed by atoms with Gasteiger partial charge in [0.15, 0.2) is 17.5 Å². The minimum atomic E-state index is 0.219. The van der Waals surface area contributed by atoms with Gasteiger partial charge in [0.1, 0.15) is 0 Å². The molecule has 6 nitrogen and oxygen atoms in total. The monoisotopic (exact) mass is 337 g/mol. The Hall–Kier alpha value is -1.95. The standard InChI is InChI=1S/C18H31N3O3/c1-6-24-17-12-15(9-10-16(17)23-5)8-7-11-20-18(19-3)21-14(2)13-22-4/h9-10,12,14H,6-8,11,13H2,1-5H3,(H2,19,20,21). The molecule has 136 valence electrons. The second kappa shape index (κ2) is 11.6. The number of methoxy groups -OCH3 is 2. The first kappa shape index (κ1) is 20.1. The van der Waals surface area contributed by atoms with Crippen molar-refractivity contribution in [1.82, 2.24) is 10.6 Å². The zero-order valence-corrected chi connectivity index (χ0v) is 15.5. The van der Waals surface area contributed by atoms with Gasteiger partial charge in [0.05, 0.1) is 20.3 Å². The van der Waals surface area contributed by atoms with Crippen molar-refractivity contribution in [3.05, 3.63) is 23.8 Å². The van der Waals surface area contributed by atoms with Crippen molar-refractivity contribution in [1.29, 1.82) is 0 Å². The van der Waals surface area contributed by atoms with Crippen LogP contribution in [0.3, 0.4) is 0 Å². The molecule has 0 aliphatic heterocycles. The summed E-state index contributed by atoms with van der Waals surface area (Å²) >= 11 is 0. The summed E-state index contributed by atoms with van der Waals surface area (Å²) in [5.74, 6) is 2.37. The van der Waals surface area contributed by atoms with Crippen LogP contribution in [0.15, 0.2) is 23.2 Å². The van der Waals surface area contributed by atoms with Crippen LogP contribution in [0.25, 0.3) is 0 Å². The number of nitrogens with zero attached hydrogens (tertiary/aromatic N) is 1. The average Bonchev–Trinajstić information content (AvgIpc) is 2.58. The lowest BCUT2D eigenvalue weighted by Gasteiger charge is -2.17. The maximum absolute atomic E-state index is 5.62. The summed E-state index contributed by atoms with van der Waals surface area (Å²) in [5, 5.41) is 6.60. The van der Waals surface area contributed by atoms with Gasteiger partial charge in [-0.05, 0) is 44.4 Å². The summed E-state index contributed by atoms with van der Waals surface area (Å²) in [6.07, 6.45) is 1.96. The molecule has 1 atom stereocenters. The predicted molar refractivity (Wildman–Crippen MR) is 98.3 cm³/mol. The largest absolute Gasteiger partial charge is 0.493 e. The Balaban J connectivity index is 2.42. The van der Waals surface area contributed by atoms with Crippen LogP contribution in [0.2, 0.25) is 0 Å². The summed E-state index contributed by atoms with van der Waals surface area (Å²) < 4.78 is 16.0. The van der Waals surface area contributed by atoms with Gasteiger partial charge in [-0.25, -0.2) is 0 Å². The maximum atomic E-state index is 5.62. The second-order valence-electron chi connectivity index (χ2n) is 5.52. The highest BCUT2D eigenvalue weighted by Crippen LogP contribution is 2.28. The predicted octanol–water partition coefficient (Wildman–Crippen LogP) is 2.23. The number of rotatable bonds is 10. The van der Waals surface area contributed by atoms with E-state index < -0.39 is 0 Å². The minimum Gasteiger partial charge on any atom is -0.493 e. The van der Waals surface area contributed by atoms with E-state index in [4.69, 9.17) is 14.2 Å². The molecule has 1 rings (SSSR count). The number of benzene rings is 1. The summed E-state index contributed by atoms with van der Waals surface area (Å²) in [6, 6.07) is 6.31. The Kier molecular flexibility index (Phi) is 9.68. The first-order valence-electron chi connectivity index (χ1n) is 8.40. The Bertz CT molecular complexity index is 506. The number of nitrogens with one attached hydrogen (secondary N) is 2. The van der Waals surface area contributed by atoms with E-state index in [1.54, 1.807) is 21.3 Å². The lowest BCUT2D eigenvalue weighted by atomic mass is 10.1. The van der Waals surface area contributed by atoms with Crippen LogP contribution in [0.5, 0.6) is 11.5 Å². The molecular formula is C18H31N3O3. The fourth-order valence-corrected chi connectivity index (χ4v) is 2.36. The Labute approximate surface area is 145 Å². The molecule has 0 aliphatic rings. The molecule has 0 saturated heterocycles. The lowest BCUT2D eigenvalue weighted by Crippen LogP contribution is -2.44. The average molecular weight is 337 g/mol. The normalized spacial score (nSPS) is 12.6. The molecule has 0 saturated carbocycles.